The minimum Gasteiger partial charge on any atom is -0.461 e. The van der Waals surface area contributed by atoms with Gasteiger partial charge in [-0.05, 0) is 30.7 Å². The second kappa shape index (κ2) is 14.2. The highest BCUT2D eigenvalue weighted by atomic mass is 35.5. The van der Waals surface area contributed by atoms with Crippen LogP contribution < -0.4 is 0 Å². The summed E-state index contributed by atoms with van der Waals surface area (Å²) < 4.78 is 10.5. The Kier molecular flexibility index (Phi) is 13.2. The number of carbonyl (C=O) groups is 2. The average Bonchev–Trinajstić information content (AvgIpc) is 2.67. The molecule has 10 heteroatoms. The first-order valence-corrected chi connectivity index (χ1v) is 13.8. The Bertz CT molecular complexity index is 577. The molecule has 0 saturated carbocycles. The molecule has 0 aliphatic heterocycles. The van der Waals surface area contributed by atoms with Gasteiger partial charge in [0, 0.05) is 11.6 Å². The molecule has 2 unspecified atom stereocenters. The highest BCUT2D eigenvalue weighted by Gasteiger charge is 2.16. The van der Waals surface area contributed by atoms with Gasteiger partial charge >= 0.3 is 11.9 Å². The molecule has 0 amide bonds. The molecule has 146 valence electrons. The van der Waals surface area contributed by atoms with Crippen LogP contribution in [0.1, 0.15) is 20.7 Å². The van der Waals surface area contributed by atoms with Crippen molar-refractivity contribution in [3.63, 3.8) is 0 Å². The van der Waals surface area contributed by atoms with Crippen LogP contribution in [0.4, 0.5) is 0 Å². The van der Waals surface area contributed by atoms with Gasteiger partial charge in [0.25, 0.3) is 0 Å². The maximum absolute atomic E-state index is 12.2. The zero-order valence-corrected chi connectivity index (χ0v) is 19.1. The van der Waals surface area contributed by atoms with Crippen LogP contribution in [0.3, 0.4) is 0 Å². The number of alkyl halides is 2. The number of benzene rings is 1. The number of ether oxygens (including phenoxy) is 2. The fourth-order valence-corrected chi connectivity index (χ4v) is 5.59. The lowest BCUT2D eigenvalue weighted by atomic mass is 10.1. The Morgan fingerprint density at radius 1 is 1.08 bits per heavy atom. The zero-order valence-electron chi connectivity index (χ0n) is 14.3. The maximum Gasteiger partial charge on any atom is 0.338 e. The highest BCUT2D eigenvalue weighted by molar-refractivity contribution is 8.76. The molecule has 1 aromatic carbocycles. The van der Waals surface area contributed by atoms with E-state index in [1.807, 2.05) is 12.5 Å². The number of rotatable bonds is 12. The molecule has 0 bridgehead atoms. The van der Waals surface area contributed by atoms with E-state index in [1.54, 1.807) is 61.4 Å². The van der Waals surface area contributed by atoms with Crippen LogP contribution in [0.15, 0.2) is 24.3 Å². The molecule has 0 radical (unpaired) electrons. The summed E-state index contributed by atoms with van der Waals surface area (Å²) in [4.78, 5) is 24.3. The molecule has 1 rings (SSSR count). The van der Waals surface area contributed by atoms with Crippen LogP contribution in [-0.4, -0.2) is 59.9 Å². The van der Waals surface area contributed by atoms with Gasteiger partial charge in [-0.25, -0.2) is 9.59 Å². The summed E-state index contributed by atoms with van der Waals surface area (Å²) in [5.74, 6) is 0.0525. The summed E-state index contributed by atoms with van der Waals surface area (Å²) in [6.45, 7) is 0.329. The molecule has 4 nitrogen and oxygen atoms in total. The minimum atomic E-state index is -0.518. The van der Waals surface area contributed by atoms with Gasteiger partial charge in [0.15, 0.2) is 0 Å². The van der Waals surface area contributed by atoms with Crippen molar-refractivity contribution in [1.82, 2.24) is 0 Å². The lowest BCUT2D eigenvalue weighted by Gasteiger charge is -2.12. The molecule has 1 aromatic rings. The molecule has 0 aromatic heterocycles. The van der Waals surface area contributed by atoms with E-state index < -0.39 is 11.9 Å². The number of halogens is 2. The predicted octanol–water partition coefficient (Wildman–Crippen LogP) is 5.24. The minimum absolute atomic E-state index is 0.0172. The largest absolute Gasteiger partial charge is 0.461 e. The predicted molar refractivity (Wildman–Crippen MR) is 118 cm³/mol. The Balaban J connectivity index is 2.57. The van der Waals surface area contributed by atoms with Gasteiger partial charge < -0.3 is 9.47 Å². The van der Waals surface area contributed by atoms with Crippen LogP contribution in [0.2, 0.25) is 0 Å². The van der Waals surface area contributed by atoms with Crippen molar-refractivity contribution in [2.45, 2.75) is 10.6 Å². The van der Waals surface area contributed by atoms with Gasteiger partial charge in [0.05, 0.1) is 21.8 Å². The molecule has 0 spiro atoms. The van der Waals surface area contributed by atoms with E-state index in [-0.39, 0.29) is 29.4 Å². The molecule has 0 N–H and O–H groups in total. The molecule has 0 aliphatic carbocycles. The number of esters is 2. The summed E-state index contributed by atoms with van der Waals surface area (Å²) >= 11 is 11.9. The standard InChI is InChI=1S/C16H20Cl2O4S4/c1-23-25-10-13(18)8-21-15(19)11-4-3-5-12(6-11)16(20)22-9-14(7-17)26-24-2/h3-6,13-14H,7-10H2,1-2H3. The van der Waals surface area contributed by atoms with E-state index in [0.717, 1.165) is 0 Å². The number of hydrogen-bond donors (Lipinski definition) is 0. The Morgan fingerprint density at radius 2 is 1.69 bits per heavy atom. The molecular formula is C16H20Cl2O4S4. The van der Waals surface area contributed by atoms with Crippen molar-refractivity contribution >= 4 is 78.3 Å². The second-order valence-corrected chi connectivity index (χ2v) is 11.2. The lowest BCUT2D eigenvalue weighted by molar-refractivity contribution is 0.0508. The quantitative estimate of drug-likeness (QED) is 0.231. The molecule has 0 heterocycles. The van der Waals surface area contributed by atoms with E-state index in [1.165, 1.54) is 6.07 Å². The third-order valence-electron chi connectivity index (χ3n) is 2.90. The SMILES string of the molecule is CSSCC(Cl)COC(=O)c1cccc(C(=O)OCC(CCl)SSC)c1. The van der Waals surface area contributed by atoms with E-state index in [0.29, 0.717) is 17.2 Å². The van der Waals surface area contributed by atoms with Crippen molar-refractivity contribution in [3.05, 3.63) is 35.4 Å². The van der Waals surface area contributed by atoms with Crippen LogP contribution in [-0.2, 0) is 9.47 Å². The highest BCUT2D eigenvalue weighted by Crippen LogP contribution is 2.25. The zero-order chi connectivity index (χ0) is 19.4. The number of hydrogen-bond acceptors (Lipinski definition) is 8. The third-order valence-corrected chi connectivity index (χ3v) is 7.97. The van der Waals surface area contributed by atoms with Gasteiger partial charge in [-0.2, -0.15) is 0 Å². The summed E-state index contributed by atoms with van der Waals surface area (Å²) in [6, 6.07) is 6.26. The van der Waals surface area contributed by atoms with Crippen LogP contribution >= 0.6 is 66.4 Å². The van der Waals surface area contributed by atoms with E-state index >= 15 is 0 Å². The van der Waals surface area contributed by atoms with Crippen molar-refractivity contribution in [2.75, 3.05) is 37.4 Å². The van der Waals surface area contributed by atoms with Crippen molar-refractivity contribution in [2.24, 2.45) is 0 Å². The third kappa shape index (κ3) is 9.37. The first kappa shape index (κ1) is 24.2. The van der Waals surface area contributed by atoms with E-state index in [4.69, 9.17) is 32.7 Å². The summed E-state index contributed by atoms with van der Waals surface area (Å²) in [6.07, 6.45) is 3.90. The summed E-state index contributed by atoms with van der Waals surface area (Å²) in [5.41, 5.74) is 0.579. The van der Waals surface area contributed by atoms with E-state index in [9.17, 15) is 9.59 Å². The molecule has 26 heavy (non-hydrogen) atoms. The fraction of sp³-hybridized carbons (Fsp3) is 0.500. The van der Waals surface area contributed by atoms with Crippen LogP contribution in [0, 0.1) is 0 Å². The van der Waals surface area contributed by atoms with Gasteiger partial charge in [-0.1, -0.05) is 49.2 Å². The van der Waals surface area contributed by atoms with E-state index in [2.05, 4.69) is 0 Å². The van der Waals surface area contributed by atoms with Gasteiger partial charge in [0.2, 0.25) is 0 Å². The fourth-order valence-electron chi connectivity index (χ4n) is 1.70. The van der Waals surface area contributed by atoms with Crippen LogP contribution in [0.25, 0.3) is 0 Å². The average molecular weight is 476 g/mol. The van der Waals surface area contributed by atoms with Crippen LogP contribution in [0.5, 0.6) is 0 Å². The van der Waals surface area contributed by atoms with Crippen molar-refractivity contribution < 1.29 is 19.1 Å². The molecule has 2 atom stereocenters. The first-order chi connectivity index (χ1) is 12.5. The first-order valence-electron chi connectivity index (χ1n) is 7.51. The smallest absolute Gasteiger partial charge is 0.338 e. The normalized spacial score (nSPS) is 13.1. The van der Waals surface area contributed by atoms with Gasteiger partial charge in [0.1, 0.15) is 13.2 Å². The number of carbonyl (C=O) groups excluding carboxylic acids is 2. The Hall–Kier alpha value is 0.140. The molecular weight excluding hydrogens is 455 g/mol. The van der Waals surface area contributed by atoms with Crippen molar-refractivity contribution in [1.29, 1.82) is 0 Å². The summed E-state index contributed by atoms with van der Waals surface area (Å²) in [7, 11) is 6.33. The lowest BCUT2D eigenvalue weighted by Crippen LogP contribution is -2.18. The Labute approximate surface area is 180 Å². The molecule has 0 fully saturated rings. The topological polar surface area (TPSA) is 52.6 Å². The molecule has 0 saturated heterocycles. The second-order valence-electron chi connectivity index (χ2n) is 4.87. The molecule has 0 aliphatic rings. The van der Waals surface area contributed by atoms with Gasteiger partial charge in [-0.15, -0.1) is 23.2 Å². The maximum atomic E-state index is 12.2. The Morgan fingerprint density at radius 3 is 2.23 bits per heavy atom. The summed E-state index contributed by atoms with van der Waals surface area (Å²) in [5, 5.41) is -0.241. The van der Waals surface area contributed by atoms with Crippen molar-refractivity contribution in [3.8, 4) is 0 Å². The monoisotopic (exact) mass is 474 g/mol. The van der Waals surface area contributed by atoms with Gasteiger partial charge in [-0.3, -0.25) is 0 Å².